The zero-order valence-electron chi connectivity index (χ0n) is 26.7. The van der Waals surface area contributed by atoms with Crippen LogP contribution < -0.4 is 21.7 Å². The Morgan fingerprint density at radius 2 is 1.42 bits per heavy atom. The standard InChI is InChI=1S/C37H40N4O6S/c1-24(43)39-28-17-19-31(20-18-28)48-23-30-21-34(26-11-9-25(22-42)10-12-26)47-37(46-30)27-13-15-29(16-14-27)40-35(44)7-4-8-36(45)41-33-6-3-2-5-32(33)38/h2-3,5-6,9-20,30,34,37,42H,4,7-8,21-23,38H2,1H3,(H,39,43)(H,40,44)(H,41,45)/t30-,34+,37+/m1/s1. The molecule has 5 rings (SSSR count). The maximum atomic E-state index is 12.6. The highest BCUT2D eigenvalue weighted by atomic mass is 32.2. The fourth-order valence-corrected chi connectivity index (χ4v) is 6.15. The van der Waals surface area contributed by atoms with Crippen molar-refractivity contribution in [2.75, 3.05) is 27.4 Å². The largest absolute Gasteiger partial charge is 0.397 e. The third kappa shape index (κ3) is 10.2. The van der Waals surface area contributed by atoms with Crippen molar-refractivity contribution in [3.05, 3.63) is 114 Å². The van der Waals surface area contributed by atoms with Gasteiger partial charge in [-0.2, -0.15) is 0 Å². The van der Waals surface area contributed by atoms with Gasteiger partial charge in [-0.1, -0.05) is 48.5 Å². The minimum absolute atomic E-state index is 0.0282. The Labute approximate surface area is 284 Å². The number of anilines is 4. The molecule has 0 saturated carbocycles. The number of aliphatic hydroxyl groups excluding tert-OH is 1. The summed E-state index contributed by atoms with van der Waals surface area (Å²) in [4.78, 5) is 37.3. The number of nitrogens with two attached hydrogens (primary N) is 1. The van der Waals surface area contributed by atoms with E-state index in [0.29, 0.717) is 35.7 Å². The van der Waals surface area contributed by atoms with Gasteiger partial charge in [0.15, 0.2) is 6.29 Å². The molecule has 0 spiro atoms. The molecule has 1 aliphatic rings. The zero-order valence-corrected chi connectivity index (χ0v) is 27.5. The van der Waals surface area contributed by atoms with Crippen LogP contribution in [-0.2, 0) is 30.5 Å². The number of benzene rings is 4. The number of aliphatic hydroxyl groups is 1. The highest BCUT2D eigenvalue weighted by Gasteiger charge is 2.32. The molecule has 1 fully saturated rings. The molecule has 10 nitrogen and oxygen atoms in total. The molecule has 0 bridgehead atoms. The number of para-hydroxylation sites is 2. The van der Waals surface area contributed by atoms with Crippen LogP contribution in [0, 0.1) is 0 Å². The molecule has 1 aliphatic heterocycles. The topological polar surface area (TPSA) is 152 Å². The van der Waals surface area contributed by atoms with Gasteiger partial charge in [0, 0.05) is 53.8 Å². The Bertz CT molecular complexity index is 1680. The van der Waals surface area contributed by atoms with E-state index >= 15 is 0 Å². The summed E-state index contributed by atoms with van der Waals surface area (Å²) in [7, 11) is 0. The first-order chi connectivity index (χ1) is 23.2. The Hall–Kier alpha value is -4.68. The Morgan fingerprint density at radius 1 is 0.792 bits per heavy atom. The SMILES string of the molecule is CC(=O)Nc1ccc(SC[C@H]2C[C@@H](c3ccc(CO)cc3)O[C@@H](c3ccc(NC(=O)CCCC(=O)Nc4ccccc4N)cc3)O2)cc1. The van der Waals surface area contributed by atoms with Crippen LogP contribution in [-0.4, -0.2) is 34.7 Å². The lowest BCUT2D eigenvalue weighted by molar-refractivity contribution is -0.245. The number of hydrogen-bond donors (Lipinski definition) is 5. The number of ether oxygens (including phenoxy) is 2. The predicted molar refractivity (Wildman–Crippen MR) is 188 cm³/mol. The van der Waals surface area contributed by atoms with Gasteiger partial charge < -0.3 is 36.3 Å². The van der Waals surface area contributed by atoms with Gasteiger partial charge in [0.1, 0.15) is 0 Å². The molecule has 0 aliphatic carbocycles. The summed E-state index contributed by atoms with van der Waals surface area (Å²) >= 11 is 1.67. The fourth-order valence-electron chi connectivity index (χ4n) is 5.23. The number of hydrogen-bond acceptors (Lipinski definition) is 8. The first kappa shape index (κ1) is 34.6. The van der Waals surface area contributed by atoms with Gasteiger partial charge in [0.05, 0.1) is 30.2 Å². The van der Waals surface area contributed by atoms with E-state index in [4.69, 9.17) is 15.2 Å². The van der Waals surface area contributed by atoms with Crippen LogP contribution in [0.1, 0.15) is 61.7 Å². The van der Waals surface area contributed by atoms with Crippen molar-refractivity contribution in [1.29, 1.82) is 0 Å². The van der Waals surface area contributed by atoms with E-state index in [1.54, 1.807) is 36.0 Å². The Balaban J connectivity index is 1.17. The van der Waals surface area contributed by atoms with E-state index in [0.717, 1.165) is 27.3 Å². The average molecular weight is 669 g/mol. The van der Waals surface area contributed by atoms with Crippen molar-refractivity contribution in [3.63, 3.8) is 0 Å². The summed E-state index contributed by atoms with van der Waals surface area (Å²) in [5.74, 6) is 0.193. The van der Waals surface area contributed by atoms with Crippen LogP contribution in [0.25, 0.3) is 0 Å². The first-order valence-electron chi connectivity index (χ1n) is 15.8. The van der Waals surface area contributed by atoms with Crippen LogP contribution in [0.15, 0.2) is 102 Å². The predicted octanol–water partition coefficient (Wildman–Crippen LogP) is 6.80. The minimum Gasteiger partial charge on any atom is -0.397 e. The quantitative estimate of drug-likeness (QED) is 0.0770. The number of amides is 3. The van der Waals surface area contributed by atoms with Crippen LogP contribution in [0.4, 0.5) is 22.7 Å². The molecule has 11 heteroatoms. The number of carbonyl (C=O) groups excluding carboxylic acids is 3. The third-order valence-electron chi connectivity index (χ3n) is 7.73. The van der Waals surface area contributed by atoms with Crippen LogP contribution in [0.2, 0.25) is 0 Å². The lowest BCUT2D eigenvalue weighted by atomic mass is 10.0. The maximum Gasteiger partial charge on any atom is 0.224 e. The number of thioether (sulfide) groups is 1. The fraction of sp³-hybridized carbons (Fsp3) is 0.270. The van der Waals surface area contributed by atoms with Crippen molar-refractivity contribution < 1.29 is 29.0 Å². The van der Waals surface area contributed by atoms with Gasteiger partial charge in [0.2, 0.25) is 17.7 Å². The van der Waals surface area contributed by atoms with Crippen molar-refractivity contribution >= 4 is 52.2 Å². The smallest absolute Gasteiger partial charge is 0.224 e. The molecule has 250 valence electrons. The second-order valence-electron chi connectivity index (χ2n) is 11.5. The Morgan fingerprint density at radius 3 is 2.08 bits per heavy atom. The van der Waals surface area contributed by atoms with Gasteiger partial charge in [0.25, 0.3) is 0 Å². The third-order valence-corrected chi connectivity index (χ3v) is 8.88. The molecule has 6 N–H and O–H groups in total. The number of carbonyl (C=O) groups is 3. The molecular formula is C37H40N4O6S. The van der Waals surface area contributed by atoms with E-state index in [1.807, 2.05) is 72.8 Å². The maximum absolute atomic E-state index is 12.6. The lowest BCUT2D eigenvalue weighted by Gasteiger charge is -2.36. The summed E-state index contributed by atoms with van der Waals surface area (Å²) < 4.78 is 12.9. The normalized spacial score (nSPS) is 17.3. The van der Waals surface area contributed by atoms with E-state index < -0.39 is 6.29 Å². The molecule has 0 unspecified atom stereocenters. The van der Waals surface area contributed by atoms with Gasteiger partial charge in [-0.3, -0.25) is 14.4 Å². The summed E-state index contributed by atoms with van der Waals surface area (Å²) in [6, 6.07) is 29.9. The van der Waals surface area contributed by atoms with Crippen LogP contribution in [0.5, 0.6) is 0 Å². The van der Waals surface area contributed by atoms with E-state index in [1.165, 1.54) is 6.92 Å². The zero-order chi connectivity index (χ0) is 33.9. The van der Waals surface area contributed by atoms with Crippen LogP contribution in [0.3, 0.4) is 0 Å². The molecule has 0 aromatic heterocycles. The molecular weight excluding hydrogens is 628 g/mol. The van der Waals surface area contributed by atoms with Crippen molar-refractivity contribution in [1.82, 2.24) is 0 Å². The van der Waals surface area contributed by atoms with E-state index in [9.17, 15) is 19.5 Å². The number of nitrogens with one attached hydrogen (secondary N) is 3. The average Bonchev–Trinajstić information content (AvgIpc) is 3.09. The molecule has 48 heavy (non-hydrogen) atoms. The molecule has 3 atom stereocenters. The van der Waals surface area contributed by atoms with Gasteiger partial charge in [-0.05, 0) is 66.1 Å². The first-order valence-corrected chi connectivity index (χ1v) is 16.8. The van der Waals surface area contributed by atoms with Crippen molar-refractivity contribution in [3.8, 4) is 0 Å². The van der Waals surface area contributed by atoms with Crippen molar-refractivity contribution in [2.24, 2.45) is 0 Å². The molecule has 3 amide bonds. The lowest BCUT2D eigenvalue weighted by Crippen LogP contribution is -2.31. The highest BCUT2D eigenvalue weighted by Crippen LogP contribution is 2.39. The summed E-state index contributed by atoms with van der Waals surface area (Å²) in [6.45, 7) is 1.45. The van der Waals surface area contributed by atoms with Crippen molar-refractivity contribution in [2.45, 2.75) is 62.6 Å². The second kappa shape index (κ2) is 16.9. The van der Waals surface area contributed by atoms with Gasteiger partial charge >= 0.3 is 0 Å². The number of rotatable bonds is 13. The summed E-state index contributed by atoms with van der Waals surface area (Å²) in [5.41, 5.74) is 11.0. The van der Waals surface area contributed by atoms with Gasteiger partial charge in [-0.15, -0.1) is 11.8 Å². The summed E-state index contributed by atoms with van der Waals surface area (Å²) in [5, 5.41) is 17.9. The Kier molecular flexibility index (Phi) is 12.2. The molecule has 0 radical (unpaired) electrons. The van der Waals surface area contributed by atoms with E-state index in [2.05, 4.69) is 16.0 Å². The summed E-state index contributed by atoms with van der Waals surface area (Å²) in [6.07, 6.45) is 0.461. The molecule has 1 saturated heterocycles. The highest BCUT2D eigenvalue weighted by molar-refractivity contribution is 7.99. The molecule has 1 heterocycles. The van der Waals surface area contributed by atoms with Crippen LogP contribution >= 0.6 is 11.8 Å². The van der Waals surface area contributed by atoms with Gasteiger partial charge in [-0.25, -0.2) is 0 Å². The second-order valence-corrected chi connectivity index (χ2v) is 12.6. The minimum atomic E-state index is -0.629. The van der Waals surface area contributed by atoms with E-state index in [-0.39, 0.29) is 49.4 Å². The monoisotopic (exact) mass is 668 g/mol. The molecule has 4 aromatic carbocycles. The number of nitrogen functional groups attached to an aromatic ring is 1. The molecule has 4 aromatic rings.